The van der Waals surface area contributed by atoms with Gasteiger partial charge in [0.2, 0.25) is 11.7 Å². The number of benzene rings is 3. The van der Waals surface area contributed by atoms with Gasteiger partial charge >= 0.3 is 6.03 Å². The van der Waals surface area contributed by atoms with E-state index in [1.54, 1.807) is 23.4 Å². The highest BCUT2D eigenvalue weighted by atomic mass is 19.1. The molecule has 3 aromatic carbocycles. The van der Waals surface area contributed by atoms with E-state index in [1.807, 2.05) is 42.5 Å². The number of urea groups is 1. The summed E-state index contributed by atoms with van der Waals surface area (Å²) in [6.45, 7) is 0.273. The predicted molar refractivity (Wildman–Crippen MR) is 123 cm³/mol. The van der Waals surface area contributed by atoms with Crippen LogP contribution < -0.4 is 5.32 Å². The van der Waals surface area contributed by atoms with Gasteiger partial charge in [-0.3, -0.25) is 0 Å². The van der Waals surface area contributed by atoms with E-state index in [1.165, 1.54) is 12.1 Å². The van der Waals surface area contributed by atoms with Crippen molar-refractivity contribution in [3.05, 3.63) is 96.2 Å². The highest BCUT2D eigenvalue weighted by molar-refractivity contribution is 5.90. The van der Waals surface area contributed by atoms with Crippen molar-refractivity contribution in [1.82, 2.24) is 25.0 Å². The first kappa shape index (κ1) is 20.1. The molecule has 168 valence electrons. The van der Waals surface area contributed by atoms with Crippen LogP contribution in [0.15, 0.2) is 77.6 Å². The van der Waals surface area contributed by atoms with Crippen molar-refractivity contribution in [2.24, 2.45) is 0 Å². The Kier molecular flexibility index (Phi) is 4.80. The summed E-state index contributed by atoms with van der Waals surface area (Å²) in [6.07, 6.45) is 2.01. The smallest absolute Gasteiger partial charge is 0.322 e. The van der Waals surface area contributed by atoms with Gasteiger partial charge in [0, 0.05) is 17.7 Å². The minimum Gasteiger partial charge on any atom is -0.347 e. The molecule has 6 rings (SSSR count). The van der Waals surface area contributed by atoms with Crippen LogP contribution in [0.3, 0.4) is 0 Å². The number of aromatic amines is 1. The second-order valence-corrected chi connectivity index (χ2v) is 8.13. The third-order valence-corrected chi connectivity index (χ3v) is 5.97. The fourth-order valence-electron chi connectivity index (χ4n) is 4.25. The number of H-pyrrole nitrogens is 1. The van der Waals surface area contributed by atoms with Crippen molar-refractivity contribution in [1.29, 1.82) is 0 Å². The van der Waals surface area contributed by atoms with Crippen molar-refractivity contribution >= 4 is 22.5 Å². The standard InChI is InChI=1S/C25H19FN6O2/c26-18-6-3-7-19(11-18)29-25(33)32-13-21-20(27-14-28-21)12-22(32)24-30-23(31-34-24)17-9-8-15-4-1-2-5-16(15)10-17/h1-11,14,22H,12-13H2,(H,27,28)(H,29,33)/t22-/m0/s1. The lowest BCUT2D eigenvalue weighted by Gasteiger charge is -2.32. The average molecular weight is 454 g/mol. The van der Waals surface area contributed by atoms with E-state index in [-0.39, 0.29) is 6.54 Å². The molecule has 0 unspecified atom stereocenters. The summed E-state index contributed by atoms with van der Waals surface area (Å²) in [4.78, 5) is 26.8. The van der Waals surface area contributed by atoms with Gasteiger partial charge in [-0.25, -0.2) is 14.2 Å². The molecule has 0 saturated heterocycles. The summed E-state index contributed by atoms with van der Waals surface area (Å²) < 4.78 is 19.2. The first-order chi connectivity index (χ1) is 16.6. The first-order valence-corrected chi connectivity index (χ1v) is 10.8. The van der Waals surface area contributed by atoms with E-state index in [0.717, 1.165) is 27.7 Å². The summed E-state index contributed by atoms with van der Waals surface area (Å²) >= 11 is 0. The highest BCUT2D eigenvalue weighted by Gasteiger charge is 2.36. The Labute approximate surface area is 193 Å². The third-order valence-electron chi connectivity index (χ3n) is 5.97. The van der Waals surface area contributed by atoms with E-state index in [4.69, 9.17) is 4.52 Å². The Hall–Kier alpha value is -4.53. The van der Waals surface area contributed by atoms with Crippen LogP contribution in [0.4, 0.5) is 14.9 Å². The molecule has 9 heteroatoms. The van der Waals surface area contributed by atoms with Crippen LogP contribution >= 0.6 is 0 Å². The van der Waals surface area contributed by atoms with E-state index < -0.39 is 17.9 Å². The number of halogens is 1. The highest BCUT2D eigenvalue weighted by Crippen LogP contribution is 2.33. The van der Waals surface area contributed by atoms with Gasteiger partial charge in [0.15, 0.2) is 0 Å². The Morgan fingerprint density at radius 3 is 2.85 bits per heavy atom. The summed E-state index contributed by atoms with van der Waals surface area (Å²) in [5, 5.41) is 9.13. The molecular weight excluding hydrogens is 435 g/mol. The number of rotatable bonds is 3. The predicted octanol–water partition coefficient (Wildman–Crippen LogP) is 5.08. The molecule has 2 N–H and O–H groups in total. The summed E-state index contributed by atoms with van der Waals surface area (Å²) in [5.41, 5.74) is 2.85. The van der Waals surface area contributed by atoms with Crippen molar-refractivity contribution in [2.75, 3.05) is 5.32 Å². The van der Waals surface area contributed by atoms with E-state index in [0.29, 0.717) is 23.8 Å². The van der Waals surface area contributed by atoms with Crippen LogP contribution in [0.5, 0.6) is 0 Å². The van der Waals surface area contributed by atoms with E-state index in [9.17, 15) is 9.18 Å². The molecule has 1 atom stereocenters. The number of nitrogens with one attached hydrogen (secondary N) is 2. The number of anilines is 1. The zero-order valence-electron chi connectivity index (χ0n) is 17.9. The molecule has 1 aliphatic heterocycles. The molecule has 0 aliphatic carbocycles. The van der Waals surface area contributed by atoms with Crippen LogP contribution in [0.1, 0.15) is 23.3 Å². The first-order valence-electron chi connectivity index (χ1n) is 10.8. The second kappa shape index (κ2) is 8.11. The third kappa shape index (κ3) is 3.66. The normalized spacial score (nSPS) is 15.3. The quantitative estimate of drug-likeness (QED) is 0.396. The molecule has 0 bridgehead atoms. The zero-order chi connectivity index (χ0) is 23.1. The molecule has 1 aliphatic rings. The Bertz CT molecular complexity index is 1510. The van der Waals surface area contributed by atoms with Crippen molar-refractivity contribution in [3.63, 3.8) is 0 Å². The van der Waals surface area contributed by atoms with Crippen molar-refractivity contribution in [2.45, 2.75) is 19.0 Å². The Morgan fingerprint density at radius 2 is 1.97 bits per heavy atom. The number of carbonyl (C=O) groups is 1. The van der Waals surface area contributed by atoms with Gasteiger partial charge < -0.3 is 19.7 Å². The molecule has 34 heavy (non-hydrogen) atoms. The van der Waals surface area contributed by atoms with Crippen LogP contribution in [0, 0.1) is 5.82 Å². The minimum absolute atomic E-state index is 0.273. The van der Waals surface area contributed by atoms with Crippen LogP contribution in [0.25, 0.3) is 22.2 Å². The number of fused-ring (bicyclic) bond motifs is 2. The van der Waals surface area contributed by atoms with Gasteiger partial charge in [-0.05, 0) is 35.0 Å². The van der Waals surface area contributed by atoms with Crippen LogP contribution in [-0.2, 0) is 13.0 Å². The molecule has 3 heterocycles. The molecule has 2 aromatic heterocycles. The number of imidazole rings is 1. The topological polar surface area (TPSA) is 99.9 Å². The number of nitrogens with zero attached hydrogens (tertiary/aromatic N) is 4. The van der Waals surface area contributed by atoms with Crippen LogP contribution in [0.2, 0.25) is 0 Å². The maximum Gasteiger partial charge on any atom is 0.322 e. The Balaban J connectivity index is 1.32. The van der Waals surface area contributed by atoms with Gasteiger partial charge in [0.05, 0.1) is 24.3 Å². The van der Waals surface area contributed by atoms with Crippen molar-refractivity contribution in [3.8, 4) is 11.4 Å². The Morgan fingerprint density at radius 1 is 1.09 bits per heavy atom. The number of amides is 2. The lowest BCUT2D eigenvalue weighted by Crippen LogP contribution is -2.41. The van der Waals surface area contributed by atoms with Gasteiger partial charge in [0.25, 0.3) is 0 Å². The molecule has 0 fully saturated rings. The monoisotopic (exact) mass is 454 g/mol. The minimum atomic E-state index is -0.522. The lowest BCUT2D eigenvalue weighted by atomic mass is 10.0. The van der Waals surface area contributed by atoms with E-state index >= 15 is 0 Å². The molecule has 0 saturated carbocycles. The van der Waals surface area contributed by atoms with Gasteiger partial charge in [0.1, 0.15) is 11.9 Å². The maximum absolute atomic E-state index is 13.6. The SMILES string of the molecule is O=C(Nc1cccc(F)c1)N1Cc2[nH]cnc2C[C@H]1c1nc(-c2ccc3ccccc3c2)no1. The molecule has 0 radical (unpaired) electrons. The number of aromatic nitrogens is 4. The second-order valence-electron chi connectivity index (χ2n) is 8.13. The summed E-state index contributed by atoms with van der Waals surface area (Å²) in [5.74, 6) is 0.325. The van der Waals surface area contributed by atoms with Crippen LogP contribution in [-0.4, -0.2) is 31.0 Å². The molecule has 2 amide bonds. The number of hydrogen-bond donors (Lipinski definition) is 2. The molecule has 0 spiro atoms. The number of hydrogen-bond acceptors (Lipinski definition) is 5. The van der Waals surface area contributed by atoms with Crippen molar-refractivity contribution < 1.29 is 13.7 Å². The number of carbonyl (C=O) groups excluding carboxylic acids is 1. The van der Waals surface area contributed by atoms with E-state index in [2.05, 4.69) is 25.4 Å². The summed E-state index contributed by atoms with van der Waals surface area (Å²) in [7, 11) is 0. The fraction of sp³-hybridized carbons (Fsp3) is 0.120. The molecule has 8 nitrogen and oxygen atoms in total. The van der Waals surface area contributed by atoms with Gasteiger partial charge in [-0.15, -0.1) is 0 Å². The fourth-order valence-corrected chi connectivity index (χ4v) is 4.25. The largest absolute Gasteiger partial charge is 0.347 e. The average Bonchev–Trinajstić information content (AvgIpc) is 3.52. The molecule has 5 aromatic rings. The maximum atomic E-state index is 13.6. The van der Waals surface area contributed by atoms with Gasteiger partial charge in [-0.2, -0.15) is 4.98 Å². The molecular formula is C25H19FN6O2. The zero-order valence-corrected chi connectivity index (χ0v) is 17.9. The summed E-state index contributed by atoms with van der Waals surface area (Å²) in [6, 6.07) is 18.8. The van der Waals surface area contributed by atoms with Gasteiger partial charge in [-0.1, -0.05) is 47.6 Å². The lowest BCUT2D eigenvalue weighted by molar-refractivity contribution is 0.155.